The molecule has 1 amide bonds. The van der Waals surface area contributed by atoms with Gasteiger partial charge in [-0.15, -0.1) is 11.8 Å². The summed E-state index contributed by atoms with van der Waals surface area (Å²) in [6.07, 6.45) is 0. The van der Waals surface area contributed by atoms with E-state index in [0.29, 0.717) is 28.9 Å². The standard InChI is InChI=1S/C18H24N2O4S/c1-11(2)19-17(21)10-25-9-14-12(3)24-18(20-14)13-6-7-15(22-4)16(8-13)23-5/h6-8,11H,9-10H2,1-5H3,(H,19,21). The number of ether oxygens (including phenoxy) is 2. The number of methoxy groups -OCH3 is 2. The molecule has 1 N–H and O–H groups in total. The van der Waals surface area contributed by atoms with Crippen molar-refractivity contribution in [3.8, 4) is 23.0 Å². The van der Waals surface area contributed by atoms with E-state index < -0.39 is 0 Å². The number of carbonyl (C=O) groups excluding carboxylic acids is 1. The van der Waals surface area contributed by atoms with Gasteiger partial charge < -0.3 is 19.2 Å². The number of carbonyl (C=O) groups is 1. The van der Waals surface area contributed by atoms with Crippen molar-refractivity contribution in [1.29, 1.82) is 0 Å². The number of amides is 1. The van der Waals surface area contributed by atoms with Crippen LogP contribution >= 0.6 is 11.8 Å². The second-order valence-corrected chi connectivity index (χ2v) is 6.79. The van der Waals surface area contributed by atoms with Crippen molar-refractivity contribution >= 4 is 17.7 Å². The van der Waals surface area contributed by atoms with Crippen LogP contribution in [0, 0.1) is 6.92 Å². The molecular formula is C18H24N2O4S. The third-order valence-corrected chi connectivity index (χ3v) is 4.39. The number of hydrogen-bond acceptors (Lipinski definition) is 6. The summed E-state index contributed by atoms with van der Waals surface area (Å²) >= 11 is 1.51. The molecule has 1 aromatic heterocycles. The molecule has 0 saturated carbocycles. The summed E-state index contributed by atoms with van der Waals surface area (Å²) in [7, 11) is 3.18. The lowest BCUT2D eigenvalue weighted by Crippen LogP contribution is -2.31. The first-order valence-corrected chi connectivity index (χ1v) is 9.15. The van der Waals surface area contributed by atoms with Crippen LogP contribution in [0.1, 0.15) is 25.3 Å². The fourth-order valence-electron chi connectivity index (χ4n) is 2.26. The van der Waals surface area contributed by atoms with Crippen molar-refractivity contribution in [2.75, 3.05) is 20.0 Å². The van der Waals surface area contributed by atoms with Gasteiger partial charge >= 0.3 is 0 Å². The number of benzene rings is 1. The van der Waals surface area contributed by atoms with E-state index in [1.165, 1.54) is 11.8 Å². The minimum atomic E-state index is 0.0289. The van der Waals surface area contributed by atoms with E-state index in [2.05, 4.69) is 10.3 Å². The Morgan fingerprint density at radius 3 is 2.64 bits per heavy atom. The lowest BCUT2D eigenvalue weighted by molar-refractivity contribution is -0.119. The second kappa shape index (κ2) is 8.80. The summed E-state index contributed by atoms with van der Waals surface area (Å²) in [5, 5.41) is 2.87. The fraction of sp³-hybridized carbons (Fsp3) is 0.444. The maximum Gasteiger partial charge on any atom is 0.230 e. The molecule has 0 aliphatic heterocycles. The third kappa shape index (κ3) is 5.16. The van der Waals surface area contributed by atoms with Gasteiger partial charge in [0.1, 0.15) is 5.76 Å². The zero-order valence-electron chi connectivity index (χ0n) is 15.2. The van der Waals surface area contributed by atoms with Gasteiger partial charge in [-0.1, -0.05) is 0 Å². The summed E-state index contributed by atoms with van der Waals surface area (Å²) in [5.74, 6) is 3.60. The number of thioether (sulfide) groups is 1. The van der Waals surface area contributed by atoms with Crippen LogP contribution in [-0.4, -0.2) is 36.9 Å². The van der Waals surface area contributed by atoms with Crippen molar-refractivity contribution in [3.63, 3.8) is 0 Å². The van der Waals surface area contributed by atoms with Crippen LogP contribution in [0.2, 0.25) is 0 Å². The van der Waals surface area contributed by atoms with Crippen molar-refractivity contribution in [2.24, 2.45) is 0 Å². The predicted octanol–water partition coefficient (Wildman–Crippen LogP) is 3.43. The van der Waals surface area contributed by atoms with Crippen LogP contribution in [-0.2, 0) is 10.5 Å². The van der Waals surface area contributed by atoms with Crippen molar-refractivity contribution in [2.45, 2.75) is 32.6 Å². The van der Waals surface area contributed by atoms with Gasteiger partial charge in [-0.2, -0.15) is 0 Å². The molecule has 0 fully saturated rings. The smallest absolute Gasteiger partial charge is 0.230 e. The van der Waals surface area contributed by atoms with E-state index >= 15 is 0 Å². The molecule has 0 radical (unpaired) electrons. The summed E-state index contributed by atoms with van der Waals surface area (Å²) in [6, 6.07) is 5.67. The third-order valence-electron chi connectivity index (χ3n) is 3.44. The molecule has 136 valence electrons. The first-order chi connectivity index (χ1) is 11.9. The van der Waals surface area contributed by atoms with E-state index in [0.717, 1.165) is 17.0 Å². The quantitative estimate of drug-likeness (QED) is 0.774. The van der Waals surface area contributed by atoms with Gasteiger partial charge in [0.15, 0.2) is 11.5 Å². The van der Waals surface area contributed by atoms with Gasteiger partial charge in [0, 0.05) is 17.4 Å². The van der Waals surface area contributed by atoms with E-state index in [1.54, 1.807) is 14.2 Å². The lowest BCUT2D eigenvalue weighted by atomic mass is 10.2. The predicted molar refractivity (Wildman–Crippen MR) is 99.2 cm³/mol. The molecule has 0 aliphatic rings. The van der Waals surface area contributed by atoms with Gasteiger partial charge in [0.2, 0.25) is 11.8 Å². The Hall–Kier alpha value is -2.15. The maximum atomic E-state index is 11.7. The Labute approximate surface area is 152 Å². The molecule has 7 heteroatoms. The molecule has 0 bridgehead atoms. The van der Waals surface area contributed by atoms with Gasteiger partial charge in [-0.3, -0.25) is 4.79 Å². The van der Waals surface area contributed by atoms with E-state index in [4.69, 9.17) is 13.9 Å². The highest BCUT2D eigenvalue weighted by Gasteiger charge is 2.14. The van der Waals surface area contributed by atoms with Crippen LogP contribution in [0.15, 0.2) is 22.6 Å². The van der Waals surface area contributed by atoms with E-state index in [9.17, 15) is 4.79 Å². The van der Waals surface area contributed by atoms with Crippen LogP contribution in [0.25, 0.3) is 11.5 Å². The monoisotopic (exact) mass is 364 g/mol. The average molecular weight is 364 g/mol. The molecule has 25 heavy (non-hydrogen) atoms. The van der Waals surface area contributed by atoms with E-state index in [1.807, 2.05) is 39.0 Å². The highest BCUT2D eigenvalue weighted by atomic mass is 32.2. The van der Waals surface area contributed by atoms with Crippen molar-refractivity contribution < 1.29 is 18.7 Å². The number of hydrogen-bond donors (Lipinski definition) is 1. The molecule has 1 aromatic carbocycles. The Morgan fingerprint density at radius 1 is 1.28 bits per heavy atom. The minimum Gasteiger partial charge on any atom is -0.493 e. The second-order valence-electron chi connectivity index (χ2n) is 5.81. The first kappa shape index (κ1) is 19.2. The number of aromatic nitrogens is 1. The molecule has 0 aliphatic carbocycles. The first-order valence-electron chi connectivity index (χ1n) is 8.00. The zero-order valence-corrected chi connectivity index (χ0v) is 16.0. The molecule has 1 heterocycles. The Balaban J connectivity index is 2.06. The maximum absolute atomic E-state index is 11.7. The number of nitrogens with one attached hydrogen (secondary N) is 1. The normalized spacial score (nSPS) is 10.8. The molecule has 0 saturated heterocycles. The number of aryl methyl sites for hydroxylation is 1. The SMILES string of the molecule is COc1ccc(-c2nc(CSCC(=O)NC(C)C)c(C)o2)cc1OC. The van der Waals surface area contributed by atoms with Gasteiger partial charge in [0.25, 0.3) is 0 Å². The minimum absolute atomic E-state index is 0.0289. The lowest BCUT2D eigenvalue weighted by Gasteiger charge is -2.07. The molecule has 2 aromatic rings. The van der Waals surface area contributed by atoms with Crippen molar-refractivity contribution in [1.82, 2.24) is 10.3 Å². The van der Waals surface area contributed by atoms with Crippen LogP contribution in [0.4, 0.5) is 0 Å². The number of nitrogens with zero attached hydrogens (tertiary/aromatic N) is 1. The van der Waals surface area contributed by atoms with Crippen LogP contribution < -0.4 is 14.8 Å². The average Bonchev–Trinajstić information content (AvgIpc) is 2.94. The Bertz CT molecular complexity index is 728. The summed E-state index contributed by atoms with van der Waals surface area (Å²) in [5.41, 5.74) is 1.65. The fourth-order valence-corrected chi connectivity index (χ4v) is 3.09. The molecule has 2 rings (SSSR count). The van der Waals surface area contributed by atoms with Gasteiger partial charge in [-0.25, -0.2) is 4.98 Å². The number of oxazole rings is 1. The summed E-state index contributed by atoms with van der Waals surface area (Å²) < 4.78 is 16.3. The Kier molecular flexibility index (Phi) is 6.75. The highest BCUT2D eigenvalue weighted by molar-refractivity contribution is 7.99. The number of rotatable bonds is 8. The Morgan fingerprint density at radius 2 is 2.00 bits per heavy atom. The van der Waals surface area contributed by atoms with Crippen molar-refractivity contribution in [3.05, 3.63) is 29.7 Å². The van der Waals surface area contributed by atoms with E-state index in [-0.39, 0.29) is 11.9 Å². The molecule has 0 atom stereocenters. The summed E-state index contributed by atoms with van der Waals surface area (Å²) in [4.78, 5) is 16.2. The zero-order chi connectivity index (χ0) is 18.4. The molecule has 0 unspecified atom stereocenters. The molecule has 0 spiro atoms. The highest BCUT2D eigenvalue weighted by Crippen LogP contribution is 2.33. The van der Waals surface area contributed by atoms with Gasteiger partial charge in [0.05, 0.1) is 25.7 Å². The molecule has 6 nitrogen and oxygen atoms in total. The van der Waals surface area contributed by atoms with Gasteiger partial charge in [-0.05, 0) is 39.0 Å². The summed E-state index contributed by atoms with van der Waals surface area (Å²) in [6.45, 7) is 5.76. The largest absolute Gasteiger partial charge is 0.493 e. The molecular weight excluding hydrogens is 340 g/mol. The van der Waals surface area contributed by atoms with Crippen LogP contribution in [0.3, 0.4) is 0 Å². The topological polar surface area (TPSA) is 73.6 Å². The van der Waals surface area contributed by atoms with Crippen LogP contribution in [0.5, 0.6) is 11.5 Å².